The van der Waals surface area contributed by atoms with E-state index in [4.69, 9.17) is 0 Å². The van der Waals surface area contributed by atoms with Gasteiger partial charge in [0.25, 0.3) is 5.91 Å². The highest BCUT2D eigenvalue weighted by Crippen LogP contribution is 2.19. The molecule has 0 aliphatic carbocycles. The van der Waals surface area contributed by atoms with Crippen molar-refractivity contribution in [1.29, 1.82) is 0 Å². The molecule has 1 amide bonds. The average molecular weight is 349 g/mol. The molecule has 6 nitrogen and oxygen atoms in total. The number of carbonyl (C=O) groups excluding carboxylic acids is 1. The lowest BCUT2D eigenvalue weighted by Gasteiger charge is -2.25. The van der Waals surface area contributed by atoms with Gasteiger partial charge in [-0.1, -0.05) is 13.0 Å². The Morgan fingerprint density at radius 3 is 2.85 bits per heavy atom. The van der Waals surface area contributed by atoms with Crippen molar-refractivity contribution in [3.05, 3.63) is 65.5 Å². The van der Waals surface area contributed by atoms with Crippen LogP contribution < -0.4 is 5.32 Å². The molecule has 0 saturated carbocycles. The number of nitrogens with zero attached hydrogens (tertiary/aromatic N) is 4. The maximum atomic E-state index is 12.8. The largest absolute Gasteiger partial charge is 0.347 e. The number of benzene rings is 1. The molecule has 1 aliphatic rings. The molecule has 0 radical (unpaired) electrons. The Morgan fingerprint density at radius 2 is 2.08 bits per heavy atom. The number of hydrogen-bond donors (Lipinski definition) is 1. The van der Waals surface area contributed by atoms with Gasteiger partial charge < -0.3 is 14.5 Å². The standard InChI is InChI=1S/C20H23N5O/c1-3-18-22-23-19-9-8-16(13-25(18)19)21-20(26)15-7-6-14(2)17(12-15)24-10-4-5-11-24/h4-7,10-12,16H,3,8-9,13H2,1-2H3,(H,21,26)/t16-/m0/s1. The van der Waals surface area contributed by atoms with E-state index in [9.17, 15) is 4.79 Å². The van der Waals surface area contributed by atoms with Crippen LogP contribution in [0.2, 0.25) is 0 Å². The van der Waals surface area contributed by atoms with E-state index >= 15 is 0 Å². The summed E-state index contributed by atoms with van der Waals surface area (Å²) in [7, 11) is 0. The fraction of sp³-hybridized carbons (Fsp3) is 0.350. The van der Waals surface area contributed by atoms with Crippen molar-refractivity contribution in [3.8, 4) is 5.69 Å². The minimum atomic E-state index is -0.0296. The highest BCUT2D eigenvalue weighted by Gasteiger charge is 2.24. The van der Waals surface area contributed by atoms with Crippen molar-refractivity contribution in [2.45, 2.75) is 45.7 Å². The van der Waals surface area contributed by atoms with Gasteiger partial charge in [-0.25, -0.2) is 0 Å². The number of aryl methyl sites for hydroxylation is 3. The van der Waals surface area contributed by atoms with Gasteiger partial charge in [-0.05, 0) is 43.2 Å². The molecule has 26 heavy (non-hydrogen) atoms. The van der Waals surface area contributed by atoms with E-state index < -0.39 is 0 Å². The molecule has 1 N–H and O–H groups in total. The number of aromatic nitrogens is 4. The van der Waals surface area contributed by atoms with Crippen molar-refractivity contribution < 1.29 is 4.79 Å². The first-order chi connectivity index (χ1) is 12.7. The van der Waals surface area contributed by atoms with E-state index in [1.165, 1.54) is 0 Å². The molecule has 0 unspecified atom stereocenters. The number of rotatable bonds is 4. The Balaban J connectivity index is 1.51. The zero-order valence-electron chi connectivity index (χ0n) is 15.1. The smallest absolute Gasteiger partial charge is 0.251 e. The summed E-state index contributed by atoms with van der Waals surface area (Å²) in [5, 5.41) is 11.7. The predicted octanol–water partition coefficient (Wildman–Crippen LogP) is 2.68. The molecule has 1 atom stereocenters. The summed E-state index contributed by atoms with van der Waals surface area (Å²) in [4.78, 5) is 12.8. The van der Waals surface area contributed by atoms with E-state index in [-0.39, 0.29) is 11.9 Å². The van der Waals surface area contributed by atoms with E-state index in [0.29, 0.717) is 5.56 Å². The molecule has 0 saturated heterocycles. The lowest BCUT2D eigenvalue weighted by atomic mass is 10.1. The maximum Gasteiger partial charge on any atom is 0.251 e. The van der Waals surface area contributed by atoms with Crippen LogP contribution in [-0.4, -0.2) is 31.3 Å². The van der Waals surface area contributed by atoms with Crippen LogP contribution in [0.5, 0.6) is 0 Å². The second kappa shape index (κ2) is 6.78. The molecular weight excluding hydrogens is 326 g/mol. The quantitative estimate of drug-likeness (QED) is 0.788. The summed E-state index contributed by atoms with van der Waals surface area (Å²) in [6, 6.07) is 9.91. The Labute approximate surface area is 152 Å². The topological polar surface area (TPSA) is 64.7 Å². The number of amides is 1. The number of nitrogens with one attached hydrogen (secondary N) is 1. The molecule has 134 valence electrons. The number of fused-ring (bicyclic) bond motifs is 1. The summed E-state index contributed by atoms with van der Waals surface area (Å²) in [5.41, 5.74) is 2.85. The van der Waals surface area contributed by atoms with Crippen molar-refractivity contribution in [2.75, 3.05) is 0 Å². The van der Waals surface area contributed by atoms with E-state index in [0.717, 1.165) is 48.7 Å². The lowest BCUT2D eigenvalue weighted by Crippen LogP contribution is -2.41. The van der Waals surface area contributed by atoms with Gasteiger partial charge in [0.2, 0.25) is 0 Å². The summed E-state index contributed by atoms with van der Waals surface area (Å²) < 4.78 is 4.18. The molecule has 4 rings (SSSR count). The van der Waals surface area contributed by atoms with E-state index in [2.05, 4.69) is 33.9 Å². The van der Waals surface area contributed by atoms with Crippen LogP contribution in [-0.2, 0) is 19.4 Å². The van der Waals surface area contributed by atoms with E-state index in [1.54, 1.807) is 0 Å². The summed E-state index contributed by atoms with van der Waals surface area (Å²) >= 11 is 0. The van der Waals surface area contributed by atoms with Crippen LogP contribution in [0.25, 0.3) is 5.69 Å². The zero-order chi connectivity index (χ0) is 18.1. The highest BCUT2D eigenvalue weighted by atomic mass is 16.1. The average Bonchev–Trinajstić information content (AvgIpc) is 3.31. The minimum Gasteiger partial charge on any atom is -0.347 e. The summed E-state index contributed by atoms with van der Waals surface area (Å²) in [6.45, 7) is 4.88. The molecule has 6 heteroatoms. The fourth-order valence-corrected chi connectivity index (χ4v) is 3.56. The lowest BCUT2D eigenvalue weighted by molar-refractivity contribution is 0.0927. The molecule has 2 aromatic heterocycles. The van der Waals surface area contributed by atoms with Gasteiger partial charge in [0.05, 0.1) is 0 Å². The molecule has 0 spiro atoms. The van der Waals surface area contributed by atoms with E-state index in [1.807, 2.05) is 47.3 Å². The second-order valence-electron chi connectivity index (χ2n) is 6.80. The Hall–Kier alpha value is -2.89. The Morgan fingerprint density at radius 1 is 1.27 bits per heavy atom. The highest BCUT2D eigenvalue weighted by molar-refractivity contribution is 5.95. The first-order valence-electron chi connectivity index (χ1n) is 9.11. The van der Waals surface area contributed by atoms with Crippen LogP contribution in [0.4, 0.5) is 0 Å². The third-order valence-corrected chi connectivity index (χ3v) is 5.03. The van der Waals surface area contributed by atoms with Gasteiger partial charge in [-0.3, -0.25) is 4.79 Å². The molecule has 3 heterocycles. The van der Waals surface area contributed by atoms with Crippen LogP contribution in [0.15, 0.2) is 42.7 Å². The third-order valence-electron chi connectivity index (χ3n) is 5.03. The molecule has 0 fully saturated rings. The van der Waals surface area contributed by atoms with Crippen LogP contribution in [0.3, 0.4) is 0 Å². The summed E-state index contributed by atoms with van der Waals surface area (Å²) in [6.07, 6.45) is 6.58. The molecule has 3 aromatic rings. The Kier molecular flexibility index (Phi) is 4.32. The number of carbonyl (C=O) groups is 1. The molecule has 1 aromatic carbocycles. The Bertz CT molecular complexity index is 912. The predicted molar refractivity (Wildman–Crippen MR) is 99.5 cm³/mol. The SMILES string of the molecule is CCc1nnc2n1C[C@@H](NC(=O)c1ccc(C)c(-n3cccc3)c1)CC2. The van der Waals surface area contributed by atoms with Gasteiger partial charge in [-0.15, -0.1) is 10.2 Å². The molecule has 1 aliphatic heterocycles. The molecule has 0 bridgehead atoms. The van der Waals surface area contributed by atoms with Crippen LogP contribution in [0, 0.1) is 6.92 Å². The van der Waals surface area contributed by atoms with Crippen molar-refractivity contribution in [1.82, 2.24) is 24.6 Å². The third kappa shape index (κ3) is 3.03. The monoisotopic (exact) mass is 349 g/mol. The van der Waals surface area contributed by atoms with Crippen LogP contribution in [0.1, 0.15) is 40.9 Å². The minimum absolute atomic E-state index is 0.0296. The van der Waals surface area contributed by atoms with Gasteiger partial charge in [0, 0.05) is 49.1 Å². The van der Waals surface area contributed by atoms with Crippen molar-refractivity contribution >= 4 is 5.91 Å². The van der Waals surface area contributed by atoms with Gasteiger partial charge >= 0.3 is 0 Å². The molecular formula is C20H23N5O. The zero-order valence-corrected chi connectivity index (χ0v) is 15.1. The van der Waals surface area contributed by atoms with Crippen LogP contribution >= 0.6 is 0 Å². The number of hydrogen-bond acceptors (Lipinski definition) is 3. The normalized spacial score (nSPS) is 16.3. The fourth-order valence-electron chi connectivity index (χ4n) is 3.56. The van der Waals surface area contributed by atoms with Gasteiger partial charge in [0.15, 0.2) is 0 Å². The summed E-state index contributed by atoms with van der Waals surface area (Å²) in [5.74, 6) is 1.99. The van der Waals surface area contributed by atoms with Gasteiger partial charge in [-0.2, -0.15) is 0 Å². The maximum absolute atomic E-state index is 12.8. The van der Waals surface area contributed by atoms with Crippen molar-refractivity contribution in [2.24, 2.45) is 0 Å². The second-order valence-corrected chi connectivity index (χ2v) is 6.80. The first kappa shape index (κ1) is 16.6. The van der Waals surface area contributed by atoms with Crippen molar-refractivity contribution in [3.63, 3.8) is 0 Å². The first-order valence-corrected chi connectivity index (χ1v) is 9.11. The van der Waals surface area contributed by atoms with Gasteiger partial charge in [0.1, 0.15) is 11.6 Å².